The smallest absolute Gasteiger partial charge is 0.365 e. The maximum Gasteiger partial charge on any atom is 0.416 e. The Bertz CT molecular complexity index is 943. The molecule has 5 nitrogen and oxygen atoms in total. The quantitative estimate of drug-likeness (QED) is 0.680. The number of hydrogen-bond acceptors (Lipinski definition) is 3. The number of carbonyl (C=O) groups excluding carboxylic acids is 1. The van der Waals surface area contributed by atoms with Crippen LogP contribution in [0.5, 0.6) is 0 Å². The van der Waals surface area contributed by atoms with E-state index in [1.54, 1.807) is 0 Å². The first kappa shape index (κ1) is 24.4. The topological polar surface area (TPSA) is 38.8 Å². The molecule has 2 aliphatic rings. The maximum atomic E-state index is 13.1. The van der Waals surface area contributed by atoms with Crippen LogP contribution in [0.3, 0.4) is 0 Å². The minimum atomic E-state index is -4.34. The lowest BCUT2D eigenvalue weighted by molar-refractivity contribution is -0.137. The number of benzene rings is 2. The summed E-state index contributed by atoms with van der Waals surface area (Å²) in [5, 5.41) is 3.22. The van der Waals surface area contributed by atoms with Gasteiger partial charge in [-0.15, -0.1) is 0 Å². The van der Waals surface area contributed by atoms with Crippen LogP contribution in [0, 0.1) is 0 Å². The number of piperidine rings is 1. The van der Waals surface area contributed by atoms with E-state index in [4.69, 9.17) is 0 Å². The van der Waals surface area contributed by atoms with Gasteiger partial charge in [0, 0.05) is 56.5 Å². The largest absolute Gasteiger partial charge is 0.416 e. The lowest BCUT2D eigenvalue weighted by Crippen LogP contribution is -2.61. The molecule has 2 atom stereocenters. The predicted molar refractivity (Wildman–Crippen MR) is 128 cm³/mol. The second-order valence-corrected chi connectivity index (χ2v) is 9.53. The molecule has 0 bridgehead atoms. The van der Waals surface area contributed by atoms with Gasteiger partial charge in [-0.05, 0) is 56.5 Å². The number of anilines is 1. The highest BCUT2D eigenvalue weighted by molar-refractivity contribution is 5.75. The van der Waals surface area contributed by atoms with Crippen molar-refractivity contribution in [2.45, 2.75) is 57.5 Å². The van der Waals surface area contributed by atoms with Crippen molar-refractivity contribution < 1.29 is 18.0 Å². The van der Waals surface area contributed by atoms with Gasteiger partial charge in [-0.2, -0.15) is 13.2 Å². The van der Waals surface area contributed by atoms with Gasteiger partial charge in [0.05, 0.1) is 5.56 Å². The van der Waals surface area contributed by atoms with E-state index < -0.39 is 11.7 Å². The molecular weight excluding hydrogens is 441 g/mol. The molecule has 2 aromatic carbocycles. The number of alkyl halides is 3. The Morgan fingerprint density at radius 3 is 2.21 bits per heavy atom. The third-order valence-corrected chi connectivity index (χ3v) is 6.94. The van der Waals surface area contributed by atoms with Gasteiger partial charge in [-0.1, -0.05) is 30.3 Å². The highest BCUT2D eigenvalue weighted by atomic mass is 19.4. The number of hydrogen-bond donors (Lipinski definition) is 1. The lowest BCUT2D eigenvalue weighted by atomic mass is 10.0. The van der Waals surface area contributed by atoms with E-state index in [1.807, 2.05) is 24.8 Å². The van der Waals surface area contributed by atoms with E-state index in [0.29, 0.717) is 13.1 Å². The molecule has 184 valence electrons. The third kappa shape index (κ3) is 5.84. The fraction of sp³-hybridized carbons (Fsp3) is 0.500. The van der Waals surface area contributed by atoms with Crippen LogP contribution in [0.25, 0.3) is 0 Å². The predicted octanol–water partition coefficient (Wildman–Crippen LogP) is 4.98. The van der Waals surface area contributed by atoms with Crippen molar-refractivity contribution in [2.75, 3.05) is 31.1 Å². The van der Waals surface area contributed by atoms with E-state index in [-0.39, 0.29) is 24.2 Å². The van der Waals surface area contributed by atoms with Crippen molar-refractivity contribution in [3.05, 3.63) is 65.7 Å². The molecule has 1 N–H and O–H groups in total. The molecular formula is C26H33F3N4O. The molecule has 0 aromatic heterocycles. The van der Waals surface area contributed by atoms with Crippen LogP contribution in [-0.2, 0) is 12.7 Å². The van der Waals surface area contributed by atoms with Crippen LogP contribution in [0.2, 0.25) is 0 Å². The standard InChI is InChI=1S/C26H33F3N4O/c1-19-17-33(20(2)16-32(19)24-10-8-22(9-11-24)26(27,28)29)25(34)30-23-12-14-31(15-13-23)18-21-6-4-3-5-7-21/h3-11,19-20,23H,12-18H2,1-2H3,(H,30,34)/t19-,20+/m0/s1. The van der Waals surface area contributed by atoms with Crippen LogP contribution < -0.4 is 10.2 Å². The fourth-order valence-corrected chi connectivity index (χ4v) is 4.95. The van der Waals surface area contributed by atoms with Gasteiger partial charge in [0.1, 0.15) is 0 Å². The molecule has 0 saturated carbocycles. The summed E-state index contributed by atoms with van der Waals surface area (Å²) in [6.07, 6.45) is -2.49. The lowest BCUT2D eigenvalue weighted by Gasteiger charge is -2.45. The minimum Gasteiger partial charge on any atom is -0.365 e. The first-order valence-electron chi connectivity index (χ1n) is 12.0. The molecule has 8 heteroatoms. The van der Waals surface area contributed by atoms with Gasteiger partial charge in [-0.3, -0.25) is 4.90 Å². The van der Waals surface area contributed by atoms with Crippen LogP contribution in [0.4, 0.5) is 23.7 Å². The number of carbonyl (C=O) groups is 1. The van der Waals surface area contributed by atoms with Crippen LogP contribution >= 0.6 is 0 Å². The second-order valence-electron chi connectivity index (χ2n) is 9.53. The molecule has 2 heterocycles. The van der Waals surface area contributed by atoms with Crippen molar-refractivity contribution in [3.63, 3.8) is 0 Å². The van der Waals surface area contributed by atoms with Crippen molar-refractivity contribution >= 4 is 11.7 Å². The van der Waals surface area contributed by atoms with Crippen molar-refractivity contribution in [1.29, 1.82) is 0 Å². The highest BCUT2D eigenvalue weighted by Crippen LogP contribution is 2.32. The molecule has 0 aliphatic carbocycles. The monoisotopic (exact) mass is 474 g/mol. The summed E-state index contributed by atoms with van der Waals surface area (Å²) < 4.78 is 38.7. The van der Waals surface area contributed by atoms with E-state index in [1.165, 1.54) is 17.7 Å². The Balaban J connectivity index is 1.28. The molecule has 4 rings (SSSR count). The van der Waals surface area contributed by atoms with Crippen LogP contribution in [-0.4, -0.2) is 60.1 Å². The number of urea groups is 1. The third-order valence-electron chi connectivity index (χ3n) is 6.94. The zero-order chi connectivity index (χ0) is 24.3. The number of piperazine rings is 1. The van der Waals surface area contributed by atoms with E-state index in [0.717, 1.165) is 50.3 Å². The zero-order valence-corrected chi connectivity index (χ0v) is 19.8. The number of amides is 2. The molecule has 0 spiro atoms. The molecule has 0 radical (unpaired) electrons. The maximum absolute atomic E-state index is 13.1. The van der Waals surface area contributed by atoms with Gasteiger partial charge in [0.15, 0.2) is 0 Å². The Morgan fingerprint density at radius 1 is 0.941 bits per heavy atom. The van der Waals surface area contributed by atoms with Gasteiger partial charge < -0.3 is 15.1 Å². The number of halogens is 3. The Kier molecular flexibility index (Phi) is 7.36. The minimum absolute atomic E-state index is 0.00593. The van der Waals surface area contributed by atoms with Crippen LogP contribution in [0.1, 0.15) is 37.8 Å². The zero-order valence-electron chi connectivity index (χ0n) is 19.8. The van der Waals surface area contributed by atoms with Gasteiger partial charge in [0.2, 0.25) is 0 Å². The van der Waals surface area contributed by atoms with Crippen molar-refractivity contribution in [1.82, 2.24) is 15.1 Å². The Labute approximate surface area is 199 Å². The van der Waals surface area contributed by atoms with E-state index >= 15 is 0 Å². The molecule has 2 aliphatic heterocycles. The molecule has 0 unspecified atom stereocenters. The Morgan fingerprint density at radius 2 is 1.59 bits per heavy atom. The van der Waals surface area contributed by atoms with Crippen LogP contribution in [0.15, 0.2) is 54.6 Å². The Hall–Kier alpha value is -2.74. The number of likely N-dealkylation sites (tertiary alicyclic amines) is 1. The normalized spacial score (nSPS) is 22.6. The summed E-state index contributed by atoms with van der Waals surface area (Å²) >= 11 is 0. The summed E-state index contributed by atoms with van der Waals surface area (Å²) in [7, 11) is 0. The summed E-state index contributed by atoms with van der Waals surface area (Å²) in [4.78, 5) is 19.4. The first-order chi connectivity index (χ1) is 16.2. The van der Waals surface area contributed by atoms with Gasteiger partial charge in [0.25, 0.3) is 0 Å². The number of nitrogens with zero attached hydrogens (tertiary/aromatic N) is 3. The summed E-state index contributed by atoms with van der Waals surface area (Å²) in [6.45, 7) is 7.94. The number of rotatable bonds is 4. The fourth-order valence-electron chi connectivity index (χ4n) is 4.95. The van der Waals surface area contributed by atoms with Gasteiger partial charge in [-0.25, -0.2) is 4.79 Å². The molecule has 34 heavy (non-hydrogen) atoms. The molecule has 2 aromatic rings. The van der Waals surface area contributed by atoms with Crippen molar-refractivity contribution in [3.8, 4) is 0 Å². The van der Waals surface area contributed by atoms with Gasteiger partial charge >= 0.3 is 12.2 Å². The average Bonchev–Trinajstić information content (AvgIpc) is 2.82. The van der Waals surface area contributed by atoms with Crippen molar-refractivity contribution in [2.24, 2.45) is 0 Å². The van der Waals surface area contributed by atoms with E-state index in [9.17, 15) is 18.0 Å². The summed E-state index contributed by atoms with van der Waals surface area (Å²) in [5.74, 6) is 0. The molecule has 2 fully saturated rings. The second kappa shape index (κ2) is 10.3. The average molecular weight is 475 g/mol. The highest BCUT2D eigenvalue weighted by Gasteiger charge is 2.34. The SMILES string of the molecule is C[C@@H]1CN(c2ccc(C(F)(F)F)cc2)[C@@H](C)CN1C(=O)NC1CCN(Cc2ccccc2)CC1. The summed E-state index contributed by atoms with van der Waals surface area (Å²) in [6, 6.07) is 15.8. The van der Waals surface area contributed by atoms with E-state index in [2.05, 4.69) is 39.4 Å². The number of nitrogens with one attached hydrogen (secondary N) is 1. The molecule has 2 amide bonds. The summed E-state index contributed by atoms with van der Waals surface area (Å²) in [5.41, 5.74) is 1.40. The first-order valence-corrected chi connectivity index (χ1v) is 12.0. The molecule has 2 saturated heterocycles.